The van der Waals surface area contributed by atoms with Crippen molar-refractivity contribution in [2.45, 2.75) is 20.3 Å². The minimum atomic E-state index is -0.00815. The Morgan fingerprint density at radius 2 is 1.60 bits per heavy atom. The van der Waals surface area contributed by atoms with Crippen LogP contribution in [0.25, 0.3) is 10.8 Å². The van der Waals surface area contributed by atoms with Crippen LogP contribution in [0.4, 0.5) is 5.69 Å². The normalized spacial score (nSPS) is 14.7. The SMILES string of the molecule is Cc1ccc2ccc(C)c3c2c1C(=O)/C3=N\c1ccccc1CCO. The zero-order valence-electron chi connectivity index (χ0n) is 14.3. The second-order valence-corrected chi connectivity index (χ2v) is 6.50. The van der Waals surface area contributed by atoms with E-state index in [0.29, 0.717) is 12.1 Å². The number of aliphatic imine (C=N–C) groups is 1. The van der Waals surface area contributed by atoms with Gasteiger partial charge in [-0.2, -0.15) is 0 Å². The lowest BCUT2D eigenvalue weighted by Gasteiger charge is -2.07. The number of hydrogen-bond acceptors (Lipinski definition) is 3. The third kappa shape index (κ3) is 2.39. The fourth-order valence-electron chi connectivity index (χ4n) is 3.64. The average molecular weight is 329 g/mol. The lowest BCUT2D eigenvalue weighted by atomic mass is 9.98. The van der Waals surface area contributed by atoms with Gasteiger partial charge in [-0.1, -0.05) is 42.5 Å². The van der Waals surface area contributed by atoms with Gasteiger partial charge in [0.05, 0.1) is 5.69 Å². The maximum atomic E-state index is 13.1. The minimum absolute atomic E-state index is 0.00815. The fourth-order valence-corrected chi connectivity index (χ4v) is 3.64. The van der Waals surface area contributed by atoms with Crippen LogP contribution < -0.4 is 0 Å². The highest BCUT2D eigenvalue weighted by atomic mass is 16.3. The highest BCUT2D eigenvalue weighted by molar-refractivity contribution is 6.60. The Balaban J connectivity index is 2.00. The minimum Gasteiger partial charge on any atom is -0.396 e. The molecule has 0 atom stereocenters. The van der Waals surface area contributed by atoms with Crippen molar-refractivity contribution >= 4 is 28.0 Å². The third-order valence-electron chi connectivity index (χ3n) is 4.89. The molecule has 0 radical (unpaired) electrons. The Hall–Kier alpha value is -2.78. The molecule has 124 valence electrons. The molecule has 25 heavy (non-hydrogen) atoms. The summed E-state index contributed by atoms with van der Waals surface area (Å²) in [5.74, 6) is -0.00815. The van der Waals surface area contributed by atoms with Crippen molar-refractivity contribution in [3.63, 3.8) is 0 Å². The first kappa shape index (κ1) is 15.7. The summed E-state index contributed by atoms with van der Waals surface area (Å²) < 4.78 is 0. The highest BCUT2D eigenvalue weighted by Gasteiger charge is 2.31. The molecule has 0 heterocycles. The van der Waals surface area contributed by atoms with Crippen molar-refractivity contribution in [2.24, 2.45) is 4.99 Å². The molecular formula is C22H19NO2. The number of Topliss-reactive ketones (excluding diaryl/α,β-unsaturated/α-hetero) is 1. The maximum Gasteiger partial charge on any atom is 0.212 e. The molecular weight excluding hydrogens is 310 g/mol. The van der Waals surface area contributed by atoms with Gasteiger partial charge in [-0.3, -0.25) is 4.79 Å². The van der Waals surface area contributed by atoms with Crippen LogP contribution in [0.15, 0.2) is 53.5 Å². The number of aryl methyl sites for hydroxylation is 2. The summed E-state index contributed by atoms with van der Waals surface area (Å²) in [6.45, 7) is 4.06. The van der Waals surface area contributed by atoms with Crippen LogP contribution in [0, 0.1) is 13.8 Å². The van der Waals surface area contributed by atoms with E-state index in [1.807, 2.05) is 50.2 Å². The van der Waals surface area contributed by atoms with Gasteiger partial charge in [-0.05, 0) is 48.4 Å². The first-order valence-corrected chi connectivity index (χ1v) is 8.47. The van der Waals surface area contributed by atoms with Crippen LogP contribution >= 0.6 is 0 Å². The van der Waals surface area contributed by atoms with Crippen molar-refractivity contribution < 1.29 is 9.90 Å². The van der Waals surface area contributed by atoms with Crippen molar-refractivity contribution in [1.82, 2.24) is 0 Å². The fraction of sp³-hybridized carbons (Fsp3) is 0.182. The smallest absolute Gasteiger partial charge is 0.212 e. The van der Waals surface area contributed by atoms with E-state index in [-0.39, 0.29) is 12.4 Å². The van der Waals surface area contributed by atoms with E-state index in [1.54, 1.807) is 0 Å². The van der Waals surface area contributed by atoms with Gasteiger partial charge in [0, 0.05) is 23.1 Å². The quantitative estimate of drug-likeness (QED) is 0.778. The molecule has 0 aliphatic heterocycles. The molecule has 3 heteroatoms. The Kier molecular flexibility index (Phi) is 3.74. The highest BCUT2D eigenvalue weighted by Crippen LogP contribution is 2.36. The van der Waals surface area contributed by atoms with E-state index >= 15 is 0 Å². The third-order valence-corrected chi connectivity index (χ3v) is 4.89. The molecule has 0 unspecified atom stereocenters. The number of benzene rings is 3. The number of hydrogen-bond donors (Lipinski definition) is 1. The van der Waals surface area contributed by atoms with E-state index in [4.69, 9.17) is 4.99 Å². The largest absolute Gasteiger partial charge is 0.396 e. The second-order valence-electron chi connectivity index (χ2n) is 6.50. The van der Waals surface area contributed by atoms with Crippen LogP contribution in [0.1, 0.15) is 32.6 Å². The summed E-state index contributed by atoms with van der Waals surface area (Å²) in [6.07, 6.45) is 0.524. The molecule has 0 bridgehead atoms. The van der Waals surface area contributed by atoms with Crippen LogP contribution in [-0.4, -0.2) is 23.2 Å². The Morgan fingerprint density at radius 1 is 0.920 bits per heavy atom. The summed E-state index contributed by atoms with van der Waals surface area (Å²) in [7, 11) is 0. The first-order chi connectivity index (χ1) is 12.1. The standard InChI is InChI=1S/C22H19NO2/c1-13-7-9-16-10-8-14(2)19-20(16)18(13)21(22(19)25)23-17-6-4-3-5-15(17)11-12-24/h3-10,24H,11-12H2,1-2H3/b23-21-. The van der Waals surface area contributed by atoms with E-state index < -0.39 is 0 Å². The molecule has 1 aliphatic rings. The molecule has 0 fully saturated rings. The Labute approximate surface area is 146 Å². The van der Waals surface area contributed by atoms with E-state index in [0.717, 1.165) is 44.3 Å². The molecule has 0 amide bonds. The number of aliphatic hydroxyl groups excluding tert-OH is 1. The molecule has 3 aromatic rings. The maximum absolute atomic E-state index is 13.1. The van der Waals surface area contributed by atoms with Crippen LogP contribution in [0.5, 0.6) is 0 Å². The predicted octanol–water partition coefficient (Wildman–Crippen LogP) is 4.31. The predicted molar refractivity (Wildman–Crippen MR) is 101 cm³/mol. The summed E-state index contributed by atoms with van der Waals surface area (Å²) in [5.41, 5.74) is 5.97. The van der Waals surface area contributed by atoms with E-state index in [9.17, 15) is 9.90 Å². The van der Waals surface area contributed by atoms with Crippen molar-refractivity contribution in [1.29, 1.82) is 0 Å². The molecule has 0 saturated carbocycles. The summed E-state index contributed by atoms with van der Waals surface area (Å²) in [4.78, 5) is 17.9. The van der Waals surface area contributed by atoms with Gasteiger partial charge in [0.2, 0.25) is 5.78 Å². The lowest BCUT2D eigenvalue weighted by molar-refractivity contribution is 0.106. The van der Waals surface area contributed by atoms with Gasteiger partial charge >= 0.3 is 0 Å². The number of aliphatic hydroxyl groups is 1. The molecule has 0 saturated heterocycles. The Bertz CT molecular complexity index is 1040. The number of nitrogens with zero attached hydrogens (tertiary/aromatic N) is 1. The number of carbonyl (C=O) groups excluding carboxylic acids is 1. The monoisotopic (exact) mass is 329 g/mol. The topological polar surface area (TPSA) is 49.7 Å². The van der Waals surface area contributed by atoms with Gasteiger partial charge in [0.1, 0.15) is 5.71 Å². The molecule has 3 nitrogen and oxygen atoms in total. The van der Waals surface area contributed by atoms with Crippen LogP contribution in [-0.2, 0) is 6.42 Å². The Morgan fingerprint density at radius 3 is 2.32 bits per heavy atom. The van der Waals surface area contributed by atoms with E-state index in [1.165, 1.54) is 0 Å². The number of ketones is 1. The zero-order chi connectivity index (χ0) is 17.6. The lowest BCUT2D eigenvalue weighted by Crippen LogP contribution is -2.10. The molecule has 1 aliphatic carbocycles. The van der Waals surface area contributed by atoms with Crippen molar-refractivity contribution in [3.05, 3.63) is 76.3 Å². The first-order valence-electron chi connectivity index (χ1n) is 8.47. The number of rotatable bonds is 3. The second kappa shape index (κ2) is 5.94. The van der Waals surface area contributed by atoms with Crippen LogP contribution in [0.3, 0.4) is 0 Å². The summed E-state index contributed by atoms with van der Waals surface area (Å²) in [5, 5.41) is 11.4. The average Bonchev–Trinajstić information content (AvgIpc) is 2.90. The molecule has 0 aromatic heterocycles. The molecule has 3 aromatic carbocycles. The van der Waals surface area contributed by atoms with E-state index in [2.05, 4.69) is 12.1 Å². The molecule has 1 N–H and O–H groups in total. The van der Waals surface area contributed by atoms with Gasteiger partial charge in [0.25, 0.3) is 0 Å². The molecule has 0 spiro atoms. The van der Waals surface area contributed by atoms with Gasteiger partial charge in [-0.15, -0.1) is 0 Å². The number of carbonyl (C=O) groups is 1. The van der Waals surface area contributed by atoms with Crippen molar-refractivity contribution in [3.8, 4) is 0 Å². The summed E-state index contributed by atoms with van der Waals surface area (Å²) >= 11 is 0. The number of para-hydroxylation sites is 1. The van der Waals surface area contributed by atoms with Gasteiger partial charge in [-0.25, -0.2) is 4.99 Å². The summed E-state index contributed by atoms with van der Waals surface area (Å²) in [6, 6.07) is 15.8. The van der Waals surface area contributed by atoms with Gasteiger partial charge in [0.15, 0.2) is 0 Å². The molecule has 4 rings (SSSR count). The van der Waals surface area contributed by atoms with Crippen LogP contribution in [0.2, 0.25) is 0 Å². The van der Waals surface area contributed by atoms with Gasteiger partial charge < -0.3 is 5.11 Å². The van der Waals surface area contributed by atoms with Crippen molar-refractivity contribution in [2.75, 3.05) is 6.61 Å². The zero-order valence-corrected chi connectivity index (χ0v) is 14.3.